The number of carbonyl (C=O) groups is 1. The third kappa shape index (κ3) is 2.47. The van der Waals surface area contributed by atoms with Gasteiger partial charge >= 0.3 is 0 Å². The maximum absolute atomic E-state index is 12.5. The Morgan fingerprint density at radius 3 is 3.16 bits per heavy atom. The Balaban J connectivity index is 1.75. The van der Waals surface area contributed by atoms with Crippen molar-refractivity contribution in [3.05, 3.63) is 38.3 Å². The van der Waals surface area contributed by atoms with Crippen molar-refractivity contribution in [3.63, 3.8) is 0 Å². The third-order valence-electron chi connectivity index (χ3n) is 3.50. The Morgan fingerprint density at radius 2 is 2.42 bits per heavy atom. The van der Waals surface area contributed by atoms with Gasteiger partial charge < -0.3 is 4.90 Å². The summed E-state index contributed by atoms with van der Waals surface area (Å²) in [7, 11) is 0. The first kappa shape index (κ1) is 12.9. The highest BCUT2D eigenvalue weighted by Crippen LogP contribution is 2.30. The summed E-state index contributed by atoms with van der Waals surface area (Å²) >= 11 is 5.07. The van der Waals surface area contributed by atoms with E-state index >= 15 is 0 Å². The summed E-state index contributed by atoms with van der Waals surface area (Å²) in [5, 5.41) is 7.03. The fourth-order valence-electron chi connectivity index (χ4n) is 2.37. The van der Waals surface area contributed by atoms with Gasteiger partial charge in [0.15, 0.2) is 0 Å². The maximum atomic E-state index is 12.5. The van der Waals surface area contributed by atoms with E-state index < -0.39 is 0 Å². The lowest BCUT2D eigenvalue weighted by molar-refractivity contribution is -0.133. The highest BCUT2D eigenvalue weighted by molar-refractivity contribution is 9.11. The second kappa shape index (κ2) is 5.09. The molecule has 1 atom stereocenters. The first-order valence-electron chi connectivity index (χ1n) is 6.20. The van der Waals surface area contributed by atoms with Gasteiger partial charge in [-0.2, -0.15) is 5.10 Å². The van der Waals surface area contributed by atoms with Crippen molar-refractivity contribution < 1.29 is 4.79 Å². The molecule has 1 N–H and O–H groups in total. The second-order valence-electron chi connectivity index (χ2n) is 4.75. The summed E-state index contributed by atoms with van der Waals surface area (Å²) in [5.74, 6) is 0.117. The van der Waals surface area contributed by atoms with Crippen LogP contribution in [0.5, 0.6) is 0 Å². The van der Waals surface area contributed by atoms with Crippen LogP contribution in [0.2, 0.25) is 0 Å². The van der Waals surface area contributed by atoms with Gasteiger partial charge in [0, 0.05) is 35.6 Å². The molecule has 1 aliphatic rings. The van der Waals surface area contributed by atoms with Gasteiger partial charge in [-0.05, 0) is 35.0 Å². The number of fused-ring (bicyclic) bond motifs is 1. The minimum atomic E-state index is -0.0789. The van der Waals surface area contributed by atoms with Gasteiger partial charge in [0.1, 0.15) is 0 Å². The van der Waals surface area contributed by atoms with Crippen molar-refractivity contribution in [3.8, 4) is 0 Å². The lowest BCUT2D eigenvalue weighted by atomic mass is 10.0. The molecule has 0 saturated carbocycles. The molecule has 2 aromatic rings. The smallest absolute Gasteiger partial charge is 0.230 e. The number of carbonyl (C=O) groups excluding carboxylic acids is 1. The number of halogens is 1. The summed E-state index contributed by atoms with van der Waals surface area (Å²) in [6.07, 6.45) is 2.68. The molecule has 0 radical (unpaired) electrons. The molecule has 4 nitrogen and oxygen atoms in total. The summed E-state index contributed by atoms with van der Waals surface area (Å²) in [5.41, 5.74) is 2.30. The van der Waals surface area contributed by atoms with Crippen molar-refractivity contribution in [2.45, 2.75) is 25.8 Å². The van der Waals surface area contributed by atoms with Crippen LogP contribution in [0.1, 0.15) is 29.0 Å². The molecule has 1 unspecified atom stereocenters. The van der Waals surface area contributed by atoms with Crippen molar-refractivity contribution in [1.29, 1.82) is 0 Å². The van der Waals surface area contributed by atoms with Crippen LogP contribution in [0.25, 0.3) is 0 Å². The molecule has 0 fully saturated rings. The number of nitrogens with zero attached hydrogens (tertiary/aromatic N) is 2. The van der Waals surface area contributed by atoms with Gasteiger partial charge in [0.25, 0.3) is 0 Å². The number of rotatable bonds is 2. The lowest BCUT2D eigenvalue weighted by Crippen LogP contribution is -2.38. The maximum Gasteiger partial charge on any atom is 0.230 e. The van der Waals surface area contributed by atoms with Gasteiger partial charge in [-0.25, -0.2) is 0 Å². The Labute approximate surface area is 123 Å². The quantitative estimate of drug-likeness (QED) is 0.914. The largest absolute Gasteiger partial charge is 0.337 e. The van der Waals surface area contributed by atoms with Crippen LogP contribution < -0.4 is 0 Å². The topological polar surface area (TPSA) is 49.0 Å². The van der Waals surface area contributed by atoms with E-state index in [9.17, 15) is 4.79 Å². The van der Waals surface area contributed by atoms with E-state index in [4.69, 9.17) is 0 Å². The molecule has 0 aromatic carbocycles. The first-order chi connectivity index (χ1) is 9.15. The van der Waals surface area contributed by atoms with Gasteiger partial charge in [-0.3, -0.25) is 9.89 Å². The average Bonchev–Trinajstić information content (AvgIpc) is 3.04. The number of hydrogen-bond acceptors (Lipinski definition) is 3. The van der Waals surface area contributed by atoms with Crippen molar-refractivity contribution in [2.24, 2.45) is 0 Å². The summed E-state index contributed by atoms with van der Waals surface area (Å²) in [6.45, 7) is 3.41. The molecule has 0 aliphatic carbocycles. The highest BCUT2D eigenvalue weighted by Gasteiger charge is 2.27. The Kier molecular flexibility index (Phi) is 3.45. The van der Waals surface area contributed by atoms with E-state index in [2.05, 4.69) is 26.1 Å². The minimum absolute atomic E-state index is 0.0789. The number of aromatic amines is 1. The molecule has 1 aliphatic heterocycles. The van der Waals surface area contributed by atoms with Crippen LogP contribution in [-0.4, -0.2) is 27.5 Å². The molecule has 1 amide bonds. The lowest BCUT2D eigenvalue weighted by Gasteiger charge is -2.28. The number of hydrogen-bond donors (Lipinski definition) is 1. The Hall–Kier alpha value is -1.14. The minimum Gasteiger partial charge on any atom is -0.337 e. The van der Waals surface area contributed by atoms with Crippen molar-refractivity contribution in [2.75, 3.05) is 6.54 Å². The summed E-state index contributed by atoms with van der Waals surface area (Å²) in [6, 6.07) is 4.01. The van der Waals surface area contributed by atoms with E-state index in [0.29, 0.717) is 6.54 Å². The predicted octanol–water partition coefficient (Wildman–Crippen LogP) is 2.92. The summed E-state index contributed by atoms with van der Waals surface area (Å²) < 4.78 is 1.07. The fourth-order valence-corrected chi connectivity index (χ4v) is 3.83. The molecule has 19 heavy (non-hydrogen) atoms. The summed E-state index contributed by atoms with van der Waals surface area (Å²) in [4.78, 5) is 15.6. The van der Waals surface area contributed by atoms with Crippen molar-refractivity contribution in [1.82, 2.24) is 15.1 Å². The molecule has 2 aromatic heterocycles. The second-order valence-corrected chi connectivity index (χ2v) is 7.24. The number of nitrogens with one attached hydrogen (secondary N) is 1. The number of amides is 1. The number of thiophene rings is 1. The molecule has 0 spiro atoms. The van der Waals surface area contributed by atoms with Crippen LogP contribution in [0.15, 0.2) is 22.1 Å². The zero-order valence-electron chi connectivity index (χ0n) is 10.5. The zero-order valence-corrected chi connectivity index (χ0v) is 12.9. The van der Waals surface area contributed by atoms with Crippen LogP contribution >= 0.6 is 27.3 Å². The van der Waals surface area contributed by atoms with E-state index in [0.717, 1.165) is 32.9 Å². The van der Waals surface area contributed by atoms with Gasteiger partial charge in [0.2, 0.25) is 5.91 Å². The first-order valence-corrected chi connectivity index (χ1v) is 7.81. The number of H-pyrrole nitrogens is 1. The molecular formula is C13H14BrN3OS. The molecule has 3 heterocycles. The molecule has 3 rings (SSSR count). The molecule has 0 bridgehead atoms. The third-order valence-corrected chi connectivity index (χ3v) is 5.31. The van der Waals surface area contributed by atoms with Crippen LogP contribution in [0, 0.1) is 0 Å². The Morgan fingerprint density at radius 1 is 1.58 bits per heavy atom. The zero-order chi connectivity index (χ0) is 13.4. The van der Waals surface area contributed by atoms with E-state index in [1.165, 1.54) is 0 Å². The van der Waals surface area contributed by atoms with Crippen LogP contribution in [-0.2, 0) is 17.8 Å². The molecule has 100 valence electrons. The average molecular weight is 340 g/mol. The fraction of sp³-hybridized carbons (Fsp3) is 0.385. The standard InChI is InChI=1S/C13H14BrN3OS/c1-8(11-2-3-12(14)19-11)13(18)17-5-4-10-9(7-17)6-15-16-10/h2-3,6,8H,4-5,7H2,1H3,(H,15,16). The molecule has 6 heteroatoms. The van der Waals surface area contributed by atoms with Gasteiger partial charge in [0.05, 0.1) is 15.9 Å². The van der Waals surface area contributed by atoms with E-state index in [1.807, 2.05) is 30.2 Å². The molecular weight excluding hydrogens is 326 g/mol. The Bertz CT molecular complexity index is 607. The van der Waals surface area contributed by atoms with Gasteiger partial charge in [-0.15, -0.1) is 11.3 Å². The predicted molar refractivity (Wildman–Crippen MR) is 78.1 cm³/mol. The number of aromatic nitrogens is 2. The SMILES string of the molecule is CC(C(=O)N1CCc2[nH]ncc2C1)c1ccc(Br)s1. The van der Waals surface area contributed by atoms with Gasteiger partial charge in [-0.1, -0.05) is 0 Å². The van der Waals surface area contributed by atoms with E-state index in [1.54, 1.807) is 11.3 Å². The van der Waals surface area contributed by atoms with Crippen molar-refractivity contribution >= 4 is 33.2 Å². The van der Waals surface area contributed by atoms with Crippen LogP contribution in [0.3, 0.4) is 0 Å². The van der Waals surface area contributed by atoms with Crippen LogP contribution in [0.4, 0.5) is 0 Å². The highest BCUT2D eigenvalue weighted by atomic mass is 79.9. The van der Waals surface area contributed by atoms with E-state index in [-0.39, 0.29) is 11.8 Å². The monoisotopic (exact) mass is 339 g/mol. The normalized spacial score (nSPS) is 16.2. The molecule has 0 saturated heterocycles.